The number of benzene rings is 2. The molecule has 1 fully saturated rings. The van der Waals surface area contributed by atoms with E-state index in [1.165, 1.54) is 28.9 Å². The molecule has 1 aliphatic heterocycles. The molecule has 2 aromatic rings. The van der Waals surface area contributed by atoms with Crippen LogP contribution < -0.4 is 4.90 Å². The summed E-state index contributed by atoms with van der Waals surface area (Å²) in [6.07, 6.45) is -0.0501. The van der Waals surface area contributed by atoms with Gasteiger partial charge in [-0.2, -0.15) is 0 Å². The summed E-state index contributed by atoms with van der Waals surface area (Å²) in [5.41, 5.74) is 4.24. The summed E-state index contributed by atoms with van der Waals surface area (Å²) >= 11 is 0. The molecule has 1 heterocycles. The summed E-state index contributed by atoms with van der Waals surface area (Å²) in [4.78, 5) is 28.2. The molecule has 148 valence electrons. The van der Waals surface area contributed by atoms with Crippen LogP contribution in [0.2, 0.25) is 0 Å². The molecule has 1 amide bonds. The topological polar surface area (TPSA) is 49.9 Å². The second-order valence-electron chi connectivity index (χ2n) is 7.05. The number of ether oxygens (including phenoxy) is 1. The van der Waals surface area contributed by atoms with Gasteiger partial charge in [0.15, 0.2) is 6.61 Å². The normalized spacial score (nSPS) is 14.1. The Balaban J connectivity index is 1.46. The third-order valence-electron chi connectivity index (χ3n) is 5.14. The lowest BCUT2D eigenvalue weighted by Gasteiger charge is -2.37. The molecule has 0 saturated carbocycles. The first kappa shape index (κ1) is 19.9. The number of carbonyl (C=O) groups is 2. The first-order valence-corrected chi connectivity index (χ1v) is 9.43. The Labute approximate surface area is 164 Å². The first-order chi connectivity index (χ1) is 13.4. The van der Waals surface area contributed by atoms with Gasteiger partial charge in [-0.05, 0) is 48.7 Å². The Morgan fingerprint density at radius 3 is 2.46 bits per heavy atom. The van der Waals surface area contributed by atoms with Gasteiger partial charge in [-0.1, -0.05) is 24.3 Å². The fraction of sp³-hybridized carbons (Fsp3) is 0.364. The third kappa shape index (κ3) is 4.88. The Hall–Kier alpha value is -2.89. The number of halogens is 1. The van der Waals surface area contributed by atoms with Crippen molar-refractivity contribution >= 4 is 17.6 Å². The number of piperazine rings is 1. The van der Waals surface area contributed by atoms with Gasteiger partial charge in [-0.25, -0.2) is 4.39 Å². The molecule has 0 N–H and O–H groups in total. The second-order valence-corrected chi connectivity index (χ2v) is 7.05. The highest BCUT2D eigenvalue weighted by molar-refractivity contribution is 5.81. The molecule has 0 bridgehead atoms. The van der Waals surface area contributed by atoms with Crippen molar-refractivity contribution < 1.29 is 18.7 Å². The van der Waals surface area contributed by atoms with Crippen LogP contribution in [0.3, 0.4) is 0 Å². The molecule has 0 unspecified atom stereocenters. The van der Waals surface area contributed by atoms with Crippen molar-refractivity contribution in [3.63, 3.8) is 0 Å². The van der Waals surface area contributed by atoms with Crippen LogP contribution in [-0.4, -0.2) is 49.6 Å². The zero-order valence-corrected chi connectivity index (χ0v) is 16.3. The van der Waals surface area contributed by atoms with Gasteiger partial charge < -0.3 is 14.5 Å². The minimum absolute atomic E-state index is 0.0501. The standard InChI is InChI=1S/C22H25FN2O3/c1-16-5-3-8-20(17(16)2)24-9-11-25(12-10-24)21(26)15-28-22(27)14-18-6-4-7-19(23)13-18/h3-8,13H,9-12,14-15H2,1-2H3. The lowest BCUT2D eigenvalue weighted by Crippen LogP contribution is -2.50. The van der Waals surface area contributed by atoms with Gasteiger partial charge >= 0.3 is 5.97 Å². The van der Waals surface area contributed by atoms with Crippen molar-refractivity contribution in [3.8, 4) is 0 Å². The van der Waals surface area contributed by atoms with Crippen molar-refractivity contribution in [2.75, 3.05) is 37.7 Å². The van der Waals surface area contributed by atoms with Crippen LogP contribution in [0.25, 0.3) is 0 Å². The van der Waals surface area contributed by atoms with Gasteiger partial charge in [0.2, 0.25) is 0 Å². The maximum Gasteiger partial charge on any atom is 0.310 e. The molecule has 0 aliphatic carbocycles. The Morgan fingerprint density at radius 1 is 1.04 bits per heavy atom. The fourth-order valence-electron chi connectivity index (χ4n) is 3.37. The van der Waals surface area contributed by atoms with Gasteiger partial charge in [0.25, 0.3) is 5.91 Å². The highest BCUT2D eigenvalue weighted by Crippen LogP contribution is 2.23. The lowest BCUT2D eigenvalue weighted by atomic mass is 10.1. The summed E-state index contributed by atoms with van der Waals surface area (Å²) in [5, 5.41) is 0. The van der Waals surface area contributed by atoms with Crippen LogP contribution in [0.5, 0.6) is 0 Å². The van der Waals surface area contributed by atoms with E-state index in [1.54, 1.807) is 17.0 Å². The van der Waals surface area contributed by atoms with Crippen LogP contribution in [0.1, 0.15) is 16.7 Å². The fourth-order valence-corrected chi connectivity index (χ4v) is 3.37. The maximum absolute atomic E-state index is 13.2. The largest absolute Gasteiger partial charge is 0.455 e. The van der Waals surface area contributed by atoms with Gasteiger partial charge in [0.1, 0.15) is 5.82 Å². The zero-order chi connectivity index (χ0) is 20.1. The van der Waals surface area contributed by atoms with E-state index in [4.69, 9.17) is 4.74 Å². The minimum atomic E-state index is -0.534. The highest BCUT2D eigenvalue weighted by Gasteiger charge is 2.23. The van der Waals surface area contributed by atoms with Crippen molar-refractivity contribution in [1.82, 2.24) is 4.90 Å². The Kier molecular flexibility index (Phi) is 6.29. The van der Waals surface area contributed by atoms with E-state index in [9.17, 15) is 14.0 Å². The van der Waals surface area contributed by atoms with E-state index in [0.29, 0.717) is 18.7 Å². The SMILES string of the molecule is Cc1cccc(N2CCN(C(=O)COC(=O)Cc3cccc(F)c3)CC2)c1C. The lowest BCUT2D eigenvalue weighted by molar-refractivity contribution is -0.151. The van der Waals surface area contributed by atoms with Gasteiger partial charge in [-0.3, -0.25) is 9.59 Å². The molecule has 0 radical (unpaired) electrons. The number of anilines is 1. The number of carbonyl (C=O) groups excluding carboxylic acids is 2. The summed E-state index contributed by atoms with van der Waals surface area (Å²) in [6, 6.07) is 12.0. The molecule has 5 nitrogen and oxygen atoms in total. The number of hydrogen-bond donors (Lipinski definition) is 0. The van der Waals surface area contributed by atoms with E-state index < -0.39 is 11.8 Å². The smallest absolute Gasteiger partial charge is 0.310 e. The van der Waals surface area contributed by atoms with Gasteiger partial charge in [-0.15, -0.1) is 0 Å². The number of esters is 1. The van der Waals surface area contributed by atoms with E-state index in [0.717, 1.165) is 13.1 Å². The molecule has 1 aliphatic rings. The zero-order valence-electron chi connectivity index (χ0n) is 16.3. The van der Waals surface area contributed by atoms with Crippen LogP contribution in [0, 0.1) is 19.7 Å². The molecular weight excluding hydrogens is 359 g/mol. The average molecular weight is 384 g/mol. The molecule has 0 spiro atoms. The van der Waals surface area contributed by atoms with Crippen LogP contribution in [0.4, 0.5) is 10.1 Å². The monoisotopic (exact) mass is 384 g/mol. The molecule has 28 heavy (non-hydrogen) atoms. The van der Waals surface area contributed by atoms with E-state index in [-0.39, 0.29) is 18.9 Å². The summed E-state index contributed by atoms with van der Waals surface area (Å²) in [6.45, 7) is 6.59. The quantitative estimate of drug-likeness (QED) is 0.744. The molecule has 6 heteroatoms. The third-order valence-corrected chi connectivity index (χ3v) is 5.14. The summed E-state index contributed by atoms with van der Waals surface area (Å²) < 4.78 is 18.2. The van der Waals surface area contributed by atoms with Crippen LogP contribution in [0.15, 0.2) is 42.5 Å². The van der Waals surface area contributed by atoms with E-state index >= 15 is 0 Å². The molecule has 2 aromatic carbocycles. The van der Waals surface area contributed by atoms with Crippen molar-refractivity contribution in [3.05, 3.63) is 65.0 Å². The molecule has 0 atom stereocenters. The first-order valence-electron chi connectivity index (χ1n) is 9.43. The molecule has 3 rings (SSSR count). The van der Waals surface area contributed by atoms with E-state index in [2.05, 4.69) is 30.9 Å². The Bertz CT molecular complexity index is 861. The number of hydrogen-bond acceptors (Lipinski definition) is 4. The summed E-state index contributed by atoms with van der Waals surface area (Å²) in [7, 11) is 0. The molecular formula is C22H25FN2O3. The average Bonchev–Trinajstić information content (AvgIpc) is 2.68. The maximum atomic E-state index is 13.2. The molecule has 0 aromatic heterocycles. The number of nitrogens with zero attached hydrogens (tertiary/aromatic N) is 2. The van der Waals surface area contributed by atoms with Crippen LogP contribution >= 0.6 is 0 Å². The minimum Gasteiger partial charge on any atom is -0.455 e. The summed E-state index contributed by atoms with van der Waals surface area (Å²) in [5.74, 6) is -1.13. The van der Waals surface area contributed by atoms with Crippen molar-refractivity contribution in [2.24, 2.45) is 0 Å². The van der Waals surface area contributed by atoms with Crippen LogP contribution in [-0.2, 0) is 20.7 Å². The van der Waals surface area contributed by atoms with E-state index in [1.807, 2.05) is 6.07 Å². The van der Waals surface area contributed by atoms with Gasteiger partial charge in [0.05, 0.1) is 6.42 Å². The van der Waals surface area contributed by atoms with Crippen molar-refractivity contribution in [2.45, 2.75) is 20.3 Å². The predicted molar refractivity (Wildman–Crippen MR) is 106 cm³/mol. The Morgan fingerprint density at radius 2 is 1.75 bits per heavy atom. The highest BCUT2D eigenvalue weighted by atomic mass is 19.1. The number of rotatable bonds is 5. The number of amides is 1. The number of aryl methyl sites for hydroxylation is 1. The second kappa shape index (κ2) is 8.87. The van der Waals surface area contributed by atoms with Crippen molar-refractivity contribution in [1.29, 1.82) is 0 Å². The molecule has 1 saturated heterocycles. The predicted octanol–water partition coefficient (Wildman–Crippen LogP) is 2.88. The van der Waals surface area contributed by atoms with Gasteiger partial charge in [0, 0.05) is 31.9 Å².